The van der Waals surface area contributed by atoms with Crippen LogP contribution in [0.15, 0.2) is 5.51 Å². The van der Waals surface area contributed by atoms with Gasteiger partial charge in [0.1, 0.15) is 0 Å². The van der Waals surface area contributed by atoms with Crippen LogP contribution in [0.3, 0.4) is 0 Å². The van der Waals surface area contributed by atoms with Crippen LogP contribution < -0.4 is 5.32 Å². The number of thiazole rings is 1. The van der Waals surface area contributed by atoms with Gasteiger partial charge < -0.3 is 5.32 Å². The van der Waals surface area contributed by atoms with Crippen molar-refractivity contribution in [3.8, 4) is 0 Å². The van der Waals surface area contributed by atoms with Gasteiger partial charge in [0.25, 0.3) is 0 Å². The highest BCUT2D eigenvalue weighted by Gasteiger charge is 2.24. The van der Waals surface area contributed by atoms with Crippen LogP contribution in [0.1, 0.15) is 36.8 Å². The monoisotopic (exact) mass is 256 g/mol. The van der Waals surface area contributed by atoms with E-state index in [1.165, 1.54) is 35.6 Å². The molecule has 1 heterocycles. The molecule has 0 aliphatic heterocycles. The number of hydrogen-bond donors (Lipinski definition) is 1. The highest BCUT2D eigenvalue weighted by molar-refractivity contribution is 7.99. The summed E-state index contributed by atoms with van der Waals surface area (Å²) in [7, 11) is 0. The summed E-state index contributed by atoms with van der Waals surface area (Å²) in [4.78, 5) is 5.68. The average Bonchev–Trinajstić information content (AvgIpc) is 2.86. The molecular formula is C12H20N2S2. The Balaban J connectivity index is 1.74. The largest absolute Gasteiger partial charge is 0.309 e. The summed E-state index contributed by atoms with van der Waals surface area (Å²) in [5.74, 6) is 1.26. The second-order valence-electron chi connectivity index (χ2n) is 4.33. The van der Waals surface area contributed by atoms with Gasteiger partial charge in [0.15, 0.2) is 0 Å². The number of aryl methyl sites for hydroxylation is 1. The molecule has 0 radical (unpaired) electrons. The lowest BCUT2D eigenvalue weighted by molar-refractivity contribution is 0.527. The molecule has 2 rings (SSSR count). The Kier molecular flexibility index (Phi) is 4.67. The first kappa shape index (κ1) is 12.4. The number of rotatable bonds is 5. The molecule has 90 valence electrons. The molecule has 0 aromatic carbocycles. The lowest BCUT2D eigenvalue weighted by Gasteiger charge is -2.12. The van der Waals surface area contributed by atoms with E-state index in [9.17, 15) is 0 Å². The first-order valence-electron chi connectivity index (χ1n) is 6.03. The second-order valence-corrected chi connectivity index (χ2v) is 6.85. The van der Waals surface area contributed by atoms with E-state index in [2.05, 4.69) is 35.9 Å². The van der Waals surface area contributed by atoms with Crippen LogP contribution in [0.4, 0.5) is 0 Å². The van der Waals surface area contributed by atoms with Gasteiger partial charge in [0.05, 0.1) is 11.2 Å². The molecule has 1 aliphatic rings. The first-order chi connectivity index (χ1) is 7.79. The van der Waals surface area contributed by atoms with Crippen molar-refractivity contribution in [3.63, 3.8) is 0 Å². The van der Waals surface area contributed by atoms with Gasteiger partial charge in [-0.15, -0.1) is 11.3 Å². The van der Waals surface area contributed by atoms with Crippen molar-refractivity contribution in [2.45, 2.75) is 50.9 Å². The van der Waals surface area contributed by atoms with Gasteiger partial charge in [-0.05, 0) is 31.9 Å². The molecule has 16 heavy (non-hydrogen) atoms. The Bertz CT molecular complexity index is 325. The smallest absolute Gasteiger partial charge is 0.0798 e. The molecule has 1 aromatic rings. The zero-order chi connectivity index (χ0) is 11.4. The van der Waals surface area contributed by atoms with Gasteiger partial charge in [0, 0.05) is 22.7 Å². The molecule has 1 aliphatic carbocycles. The summed E-state index contributed by atoms with van der Waals surface area (Å²) in [5, 5.41) is 4.56. The molecule has 2 unspecified atom stereocenters. The maximum Gasteiger partial charge on any atom is 0.0798 e. The van der Waals surface area contributed by atoms with Crippen LogP contribution >= 0.6 is 23.1 Å². The minimum absolute atomic E-state index is 0.727. The molecule has 0 bridgehead atoms. The topological polar surface area (TPSA) is 24.9 Å². The molecular weight excluding hydrogens is 236 g/mol. The van der Waals surface area contributed by atoms with Gasteiger partial charge in [-0.3, -0.25) is 0 Å². The van der Waals surface area contributed by atoms with Crippen LogP contribution in [-0.4, -0.2) is 22.0 Å². The van der Waals surface area contributed by atoms with E-state index in [-0.39, 0.29) is 0 Å². The predicted octanol–water partition coefficient (Wildman–Crippen LogP) is 3.22. The minimum atomic E-state index is 0.727. The number of nitrogens with one attached hydrogen (secondary N) is 1. The lowest BCUT2D eigenvalue weighted by atomic mass is 10.2. The van der Waals surface area contributed by atoms with E-state index >= 15 is 0 Å². The van der Waals surface area contributed by atoms with E-state index in [4.69, 9.17) is 0 Å². The molecule has 1 aromatic heterocycles. The number of hydrogen-bond acceptors (Lipinski definition) is 4. The van der Waals surface area contributed by atoms with Crippen molar-refractivity contribution in [1.29, 1.82) is 0 Å². The van der Waals surface area contributed by atoms with E-state index in [1.54, 1.807) is 11.3 Å². The maximum atomic E-state index is 4.28. The standard InChI is InChI=1S/C12H20N2S2/c1-3-15-11-5-4-10(6-11)13-7-12-9(2)14-8-16-12/h8,10-11,13H,3-7H2,1-2H3. The fourth-order valence-electron chi connectivity index (χ4n) is 2.25. The van der Waals surface area contributed by atoms with Crippen LogP contribution in [0, 0.1) is 6.92 Å². The fraction of sp³-hybridized carbons (Fsp3) is 0.750. The van der Waals surface area contributed by atoms with E-state index in [0.717, 1.165) is 17.8 Å². The number of thioether (sulfide) groups is 1. The van der Waals surface area contributed by atoms with E-state index in [1.807, 2.05) is 5.51 Å². The lowest BCUT2D eigenvalue weighted by Crippen LogP contribution is -2.26. The number of aromatic nitrogens is 1. The summed E-state index contributed by atoms with van der Waals surface area (Å²) in [6, 6.07) is 0.727. The van der Waals surface area contributed by atoms with E-state index in [0.29, 0.717) is 0 Å². The second kappa shape index (κ2) is 6.03. The average molecular weight is 256 g/mol. The van der Waals surface area contributed by atoms with Gasteiger partial charge >= 0.3 is 0 Å². The molecule has 1 saturated carbocycles. The van der Waals surface area contributed by atoms with Crippen molar-refractivity contribution >= 4 is 23.1 Å². The van der Waals surface area contributed by atoms with Crippen molar-refractivity contribution in [2.24, 2.45) is 0 Å². The van der Waals surface area contributed by atoms with E-state index < -0.39 is 0 Å². The van der Waals surface area contributed by atoms with Gasteiger partial charge in [-0.1, -0.05) is 6.92 Å². The Hall–Kier alpha value is -0.0600. The molecule has 0 saturated heterocycles. The summed E-state index contributed by atoms with van der Waals surface area (Å²) in [5.41, 5.74) is 3.13. The Labute approximate surface area is 106 Å². The van der Waals surface area contributed by atoms with Crippen LogP contribution in [0.25, 0.3) is 0 Å². The normalized spacial score (nSPS) is 25.1. The summed E-state index contributed by atoms with van der Waals surface area (Å²) >= 11 is 3.88. The first-order valence-corrected chi connectivity index (χ1v) is 7.96. The third-order valence-electron chi connectivity index (χ3n) is 3.18. The zero-order valence-electron chi connectivity index (χ0n) is 10.0. The fourth-order valence-corrected chi connectivity index (χ4v) is 4.12. The molecule has 2 nitrogen and oxygen atoms in total. The SMILES string of the molecule is CCSC1CCC(NCc2scnc2C)C1. The predicted molar refractivity (Wildman–Crippen MR) is 73.2 cm³/mol. The highest BCUT2D eigenvalue weighted by atomic mass is 32.2. The van der Waals surface area contributed by atoms with Crippen molar-refractivity contribution in [2.75, 3.05) is 5.75 Å². The van der Waals surface area contributed by atoms with Crippen molar-refractivity contribution in [3.05, 3.63) is 16.1 Å². The third-order valence-corrected chi connectivity index (χ3v) is 5.35. The highest BCUT2D eigenvalue weighted by Crippen LogP contribution is 2.30. The Morgan fingerprint density at radius 2 is 2.44 bits per heavy atom. The van der Waals surface area contributed by atoms with Crippen molar-refractivity contribution < 1.29 is 0 Å². The number of nitrogens with zero attached hydrogens (tertiary/aromatic N) is 1. The van der Waals surface area contributed by atoms with Gasteiger partial charge in [-0.2, -0.15) is 11.8 Å². The Morgan fingerprint density at radius 1 is 1.56 bits per heavy atom. The van der Waals surface area contributed by atoms with Crippen LogP contribution in [0.5, 0.6) is 0 Å². The van der Waals surface area contributed by atoms with Crippen LogP contribution in [-0.2, 0) is 6.54 Å². The van der Waals surface area contributed by atoms with Crippen LogP contribution in [0.2, 0.25) is 0 Å². The minimum Gasteiger partial charge on any atom is -0.309 e. The summed E-state index contributed by atoms with van der Waals surface area (Å²) in [6.45, 7) is 5.36. The van der Waals surface area contributed by atoms with Crippen molar-refractivity contribution in [1.82, 2.24) is 10.3 Å². The molecule has 2 atom stereocenters. The summed E-state index contributed by atoms with van der Waals surface area (Å²) in [6.07, 6.45) is 4.07. The van der Waals surface area contributed by atoms with Gasteiger partial charge in [-0.25, -0.2) is 4.98 Å². The molecule has 1 fully saturated rings. The maximum absolute atomic E-state index is 4.28. The molecule has 1 N–H and O–H groups in total. The molecule has 0 amide bonds. The Morgan fingerprint density at radius 3 is 3.12 bits per heavy atom. The zero-order valence-corrected chi connectivity index (χ0v) is 11.7. The quantitative estimate of drug-likeness (QED) is 0.875. The molecule has 4 heteroatoms. The summed E-state index contributed by atoms with van der Waals surface area (Å²) < 4.78 is 0. The third kappa shape index (κ3) is 3.22. The van der Waals surface area contributed by atoms with Gasteiger partial charge in [0.2, 0.25) is 0 Å². The molecule has 0 spiro atoms.